The van der Waals surface area contributed by atoms with Crippen LogP contribution in [-0.2, 0) is 11.2 Å². The minimum Gasteiger partial charge on any atom is -0.481 e. The average molecular weight is 426 g/mol. The molecule has 0 unspecified atom stereocenters. The number of benzene rings is 3. The van der Waals surface area contributed by atoms with Crippen LogP contribution >= 0.6 is 0 Å². The van der Waals surface area contributed by atoms with Crippen molar-refractivity contribution < 1.29 is 13.9 Å². The van der Waals surface area contributed by atoms with Crippen LogP contribution in [0.3, 0.4) is 0 Å². The molecule has 1 amide bonds. The molecule has 0 saturated carbocycles. The lowest BCUT2D eigenvalue weighted by molar-refractivity contribution is -0.127. The number of H-pyrrole nitrogens is 1. The number of fused-ring (bicyclic) bond motifs is 4. The van der Waals surface area contributed by atoms with Crippen LogP contribution in [0.15, 0.2) is 82.1 Å². The minimum atomic E-state index is -0.692. The third-order valence-corrected chi connectivity index (χ3v) is 5.64. The van der Waals surface area contributed by atoms with Crippen molar-refractivity contribution in [3.63, 3.8) is 0 Å². The van der Waals surface area contributed by atoms with Crippen molar-refractivity contribution in [2.75, 3.05) is 6.54 Å². The van der Waals surface area contributed by atoms with Crippen LogP contribution in [-0.4, -0.2) is 23.5 Å². The molecule has 2 aromatic heterocycles. The number of amides is 1. The quantitative estimate of drug-likeness (QED) is 0.308. The Morgan fingerprint density at radius 3 is 2.59 bits per heavy atom. The Morgan fingerprint density at radius 2 is 1.75 bits per heavy atom. The molecule has 0 spiro atoms. The predicted octanol–water partition coefficient (Wildman–Crippen LogP) is 4.55. The van der Waals surface area contributed by atoms with E-state index in [1.54, 1.807) is 31.2 Å². The van der Waals surface area contributed by atoms with Gasteiger partial charge in [0.1, 0.15) is 11.3 Å². The first-order valence-electron chi connectivity index (χ1n) is 10.5. The fraction of sp³-hybridized carbons (Fsp3) is 0.154. The molecule has 6 nitrogen and oxygen atoms in total. The molecule has 2 N–H and O–H groups in total. The van der Waals surface area contributed by atoms with Crippen LogP contribution in [0.5, 0.6) is 5.75 Å². The third-order valence-electron chi connectivity index (χ3n) is 5.64. The van der Waals surface area contributed by atoms with Gasteiger partial charge in [0.15, 0.2) is 6.10 Å². The number of carbonyl (C=O) groups excluding carboxylic acids is 1. The number of hydrogen-bond donors (Lipinski definition) is 2. The van der Waals surface area contributed by atoms with E-state index >= 15 is 0 Å². The second-order valence-corrected chi connectivity index (χ2v) is 7.75. The summed E-state index contributed by atoms with van der Waals surface area (Å²) in [5, 5.41) is 6.28. The van der Waals surface area contributed by atoms with Gasteiger partial charge < -0.3 is 19.5 Å². The van der Waals surface area contributed by atoms with Crippen molar-refractivity contribution in [3.05, 3.63) is 88.9 Å². The largest absolute Gasteiger partial charge is 0.481 e. The van der Waals surface area contributed by atoms with Gasteiger partial charge in [-0.05, 0) is 48.6 Å². The number of aromatic amines is 1. The van der Waals surface area contributed by atoms with Gasteiger partial charge >= 0.3 is 5.63 Å². The molecule has 1 atom stereocenters. The zero-order valence-corrected chi connectivity index (χ0v) is 17.6. The number of ether oxygens (including phenoxy) is 1. The summed E-state index contributed by atoms with van der Waals surface area (Å²) >= 11 is 0. The van der Waals surface area contributed by atoms with Gasteiger partial charge in [0.25, 0.3) is 5.91 Å². The van der Waals surface area contributed by atoms with Crippen molar-refractivity contribution in [1.29, 1.82) is 0 Å². The van der Waals surface area contributed by atoms with Gasteiger partial charge in [0, 0.05) is 35.1 Å². The lowest BCUT2D eigenvalue weighted by Crippen LogP contribution is -2.37. The highest BCUT2D eigenvalue weighted by Gasteiger charge is 2.16. The summed E-state index contributed by atoms with van der Waals surface area (Å²) in [7, 11) is 0. The Morgan fingerprint density at radius 1 is 1.00 bits per heavy atom. The topological polar surface area (TPSA) is 84.3 Å². The van der Waals surface area contributed by atoms with Crippen molar-refractivity contribution in [1.82, 2.24) is 10.3 Å². The predicted molar refractivity (Wildman–Crippen MR) is 125 cm³/mol. The first kappa shape index (κ1) is 19.9. The SMILES string of the molecule is C[C@H](Oc1ccc2c(c1)oc(=O)c1ccccc12)C(=O)NCCc1c[nH]c2ccccc12. The van der Waals surface area contributed by atoms with Crippen LogP contribution in [0, 0.1) is 0 Å². The number of hydrogen-bond acceptors (Lipinski definition) is 4. The number of carbonyl (C=O) groups is 1. The Kier molecular flexibility index (Phi) is 5.11. The van der Waals surface area contributed by atoms with Gasteiger partial charge in [0.2, 0.25) is 0 Å². The van der Waals surface area contributed by atoms with Crippen LogP contribution in [0.1, 0.15) is 12.5 Å². The monoisotopic (exact) mass is 426 g/mol. The van der Waals surface area contributed by atoms with Crippen LogP contribution in [0.25, 0.3) is 32.6 Å². The Bertz CT molecular complexity index is 1500. The van der Waals surface area contributed by atoms with Gasteiger partial charge in [-0.1, -0.05) is 36.4 Å². The van der Waals surface area contributed by atoms with E-state index < -0.39 is 11.7 Å². The molecule has 0 saturated heterocycles. The number of aromatic nitrogens is 1. The first-order chi connectivity index (χ1) is 15.6. The summed E-state index contributed by atoms with van der Waals surface area (Å²) in [6, 6.07) is 20.7. The summed E-state index contributed by atoms with van der Waals surface area (Å²) in [4.78, 5) is 28.0. The van der Waals surface area contributed by atoms with Gasteiger partial charge in [-0.2, -0.15) is 0 Å². The van der Waals surface area contributed by atoms with Gasteiger partial charge in [0.05, 0.1) is 5.39 Å². The van der Waals surface area contributed by atoms with E-state index in [9.17, 15) is 9.59 Å². The van der Waals surface area contributed by atoms with E-state index in [4.69, 9.17) is 9.15 Å². The van der Waals surface area contributed by atoms with Crippen molar-refractivity contribution in [2.24, 2.45) is 0 Å². The van der Waals surface area contributed by atoms with Gasteiger partial charge in [-0.15, -0.1) is 0 Å². The fourth-order valence-electron chi connectivity index (χ4n) is 3.99. The van der Waals surface area contributed by atoms with E-state index in [0.717, 1.165) is 33.7 Å². The lowest BCUT2D eigenvalue weighted by Gasteiger charge is -2.15. The molecule has 160 valence electrons. The molecule has 0 radical (unpaired) electrons. The van der Waals surface area contributed by atoms with Crippen molar-refractivity contribution >= 4 is 38.6 Å². The first-order valence-corrected chi connectivity index (χ1v) is 10.5. The maximum absolute atomic E-state index is 12.5. The molecule has 2 heterocycles. The van der Waals surface area contributed by atoms with E-state index in [1.165, 1.54) is 0 Å². The number of rotatable bonds is 6. The third kappa shape index (κ3) is 3.71. The Labute approximate surface area is 183 Å². The van der Waals surface area contributed by atoms with Gasteiger partial charge in [-0.3, -0.25) is 4.79 Å². The second-order valence-electron chi connectivity index (χ2n) is 7.75. The molecular weight excluding hydrogens is 404 g/mol. The maximum Gasteiger partial charge on any atom is 0.344 e. The molecule has 0 bridgehead atoms. The molecule has 6 heteroatoms. The lowest BCUT2D eigenvalue weighted by atomic mass is 10.1. The molecule has 5 rings (SSSR count). The number of nitrogens with one attached hydrogen (secondary N) is 2. The zero-order chi connectivity index (χ0) is 22.1. The van der Waals surface area contributed by atoms with Crippen LogP contribution in [0.2, 0.25) is 0 Å². The molecule has 32 heavy (non-hydrogen) atoms. The van der Waals surface area contributed by atoms with E-state index in [-0.39, 0.29) is 5.91 Å². The zero-order valence-electron chi connectivity index (χ0n) is 17.6. The molecule has 0 aliphatic heterocycles. The van der Waals surface area contributed by atoms with Crippen LogP contribution < -0.4 is 15.7 Å². The summed E-state index contributed by atoms with van der Waals surface area (Å²) in [6.45, 7) is 2.20. The van der Waals surface area contributed by atoms with E-state index in [1.807, 2.05) is 42.6 Å². The fourth-order valence-corrected chi connectivity index (χ4v) is 3.99. The molecule has 3 aromatic carbocycles. The highest BCUT2D eigenvalue weighted by atomic mass is 16.5. The second kappa shape index (κ2) is 8.23. The minimum absolute atomic E-state index is 0.204. The molecular formula is C26H22N2O4. The summed E-state index contributed by atoms with van der Waals surface area (Å²) < 4.78 is 11.3. The molecule has 5 aromatic rings. The molecule has 0 aliphatic carbocycles. The maximum atomic E-state index is 12.5. The highest BCUT2D eigenvalue weighted by Crippen LogP contribution is 2.26. The van der Waals surface area contributed by atoms with Crippen molar-refractivity contribution in [3.8, 4) is 5.75 Å². The number of para-hydroxylation sites is 1. The molecule has 0 aliphatic rings. The van der Waals surface area contributed by atoms with E-state index in [2.05, 4.69) is 16.4 Å². The Hall–Kier alpha value is -4.06. The Balaban J connectivity index is 1.25. The highest BCUT2D eigenvalue weighted by molar-refractivity contribution is 6.04. The van der Waals surface area contributed by atoms with E-state index in [0.29, 0.717) is 23.3 Å². The molecule has 0 fully saturated rings. The average Bonchev–Trinajstić information content (AvgIpc) is 3.22. The van der Waals surface area contributed by atoms with Crippen LogP contribution in [0.4, 0.5) is 0 Å². The smallest absolute Gasteiger partial charge is 0.344 e. The standard InChI is InChI=1S/C26H22N2O4/c1-16(25(29)27-13-12-17-15-28-23-9-5-4-6-19(17)23)31-18-10-11-21-20-7-2-3-8-22(20)26(30)32-24(21)14-18/h2-11,14-16,28H,12-13H2,1H3,(H,27,29)/t16-/m0/s1. The van der Waals surface area contributed by atoms with Gasteiger partial charge in [-0.25, -0.2) is 4.79 Å². The van der Waals surface area contributed by atoms with Crippen molar-refractivity contribution in [2.45, 2.75) is 19.4 Å². The summed E-state index contributed by atoms with van der Waals surface area (Å²) in [5.74, 6) is 0.264. The summed E-state index contributed by atoms with van der Waals surface area (Å²) in [5.41, 5.74) is 2.28. The summed E-state index contributed by atoms with van der Waals surface area (Å²) in [6.07, 6.45) is 2.00. The normalized spacial score (nSPS) is 12.3.